The molecule has 2 rings (SSSR count). The van der Waals surface area contributed by atoms with Gasteiger partial charge in [-0.05, 0) is 49.6 Å². The van der Waals surface area contributed by atoms with E-state index in [0.29, 0.717) is 18.4 Å². The Hall–Kier alpha value is -2.55. The Bertz CT molecular complexity index is 550. The molecule has 0 aromatic rings. The first-order valence-corrected chi connectivity index (χ1v) is 8.00. The van der Waals surface area contributed by atoms with Crippen LogP contribution in [0.25, 0.3) is 0 Å². The molecule has 1 unspecified atom stereocenters. The maximum Gasteiger partial charge on any atom is 0.166 e. The fourth-order valence-corrected chi connectivity index (χ4v) is 2.25. The molecule has 3 heteroatoms. The van der Waals surface area contributed by atoms with Gasteiger partial charge in [0.2, 0.25) is 0 Å². The largest absolute Gasteiger partial charge is 0.494 e. The van der Waals surface area contributed by atoms with Crippen molar-refractivity contribution in [3.05, 3.63) is 85.9 Å². The zero-order chi connectivity index (χ0) is 18.4. The monoisotopic (exact) mass is 327 g/mol. The van der Waals surface area contributed by atoms with Gasteiger partial charge < -0.3 is 10.5 Å². The molecule has 1 atom stereocenters. The van der Waals surface area contributed by atoms with Crippen LogP contribution in [0.5, 0.6) is 0 Å². The van der Waals surface area contributed by atoms with Gasteiger partial charge in [-0.1, -0.05) is 30.9 Å². The number of rotatable bonds is 2. The van der Waals surface area contributed by atoms with Gasteiger partial charge in [0.05, 0.1) is 6.26 Å². The molecular formula is C21H29NO2. The maximum atomic E-state index is 12.3. The van der Waals surface area contributed by atoms with E-state index in [-0.39, 0.29) is 11.9 Å². The predicted octanol–water partition coefficient (Wildman–Crippen LogP) is 4.92. The third kappa shape index (κ3) is 7.63. The Labute approximate surface area is 146 Å². The highest BCUT2D eigenvalue weighted by atomic mass is 16.5. The van der Waals surface area contributed by atoms with E-state index in [1.807, 2.05) is 13.0 Å². The molecule has 130 valence electrons. The summed E-state index contributed by atoms with van der Waals surface area (Å²) >= 11 is 0. The molecule has 1 aliphatic carbocycles. The van der Waals surface area contributed by atoms with Crippen LogP contribution in [0.15, 0.2) is 85.9 Å². The number of hydrogen-bond donors (Lipinski definition) is 1. The molecule has 0 spiro atoms. The van der Waals surface area contributed by atoms with E-state index >= 15 is 0 Å². The van der Waals surface area contributed by atoms with Gasteiger partial charge in [-0.2, -0.15) is 0 Å². The number of ketones is 1. The summed E-state index contributed by atoms with van der Waals surface area (Å²) in [5.41, 5.74) is 7.70. The van der Waals surface area contributed by atoms with Crippen molar-refractivity contribution in [2.75, 3.05) is 0 Å². The van der Waals surface area contributed by atoms with Crippen LogP contribution >= 0.6 is 0 Å². The minimum absolute atomic E-state index is 0.0228. The lowest BCUT2D eigenvalue weighted by Gasteiger charge is -2.16. The van der Waals surface area contributed by atoms with Crippen molar-refractivity contribution in [3.8, 4) is 0 Å². The number of nitrogens with two attached hydrogens (primary N) is 1. The molecule has 2 N–H and O–H groups in total. The fourth-order valence-electron chi connectivity index (χ4n) is 2.25. The lowest BCUT2D eigenvalue weighted by Crippen LogP contribution is -2.10. The number of allylic oxidation sites excluding steroid dienone is 7. The molecule has 1 heterocycles. The van der Waals surface area contributed by atoms with Gasteiger partial charge in [-0.3, -0.25) is 4.79 Å². The minimum atomic E-state index is -0.0228. The molecule has 24 heavy (non-hydrogen) atoms. The van der Waals surface area contributed by atoms with Gasteiger partial charge in [0.25, 0.3) is 0 Å². The molecule has 0 amide bonds. The van der Waals surface area contributed by atoms with E-state index in [0.717, 1.165) is 18.4 Å². The number of carbonyl (C=O) groups excluding carboxylic acids is 1. The standard InChI is InChI=1S/C17H20O2.C2H5N.C2H4/c1-3-6-16-12-19-13(2)9-10-14-7-4-5-8-15(14)11-17(16)18;1-2-3;1-2/h3,5,8-10,12-13H,1,4,6-7,11H2,2H3;2H,1,3H2;1-2H2/b10-9-,16-12-;;. The molecule has 0 saturated heterocycles. The molecule has 0 aromatic carbocycles. The number of Topliss-reactive ketones (excluding diaryl/α,β-unsaturated/α-hetero) is 1. The van der Waals surface area contributed by atoms with E-state index in [1.54, 1.807) is 12.3 Å². The van der Waals surface area contributed by atoms with Gasteiger partial charge in [0, 0.05) is 12.0 Å². The summed E-state index contributed by atoms with van der Waals surface area (Å²) in [5, 5.41) is 0. The van der Waals surface area contributed by atoms with Crippen molar-refractivity contribution in [2.24, 2.45) is 5.73 Å². The highest BCUT2D eigenvalue weighted by Crippen LogP contribution is 2.25. The van der Waals surface area contributed by atoms with E-state index < -0.39 is 0 Å². The van der Waals surface area contributed by atoms with Crippen LogP contribution < -0.4 is 5.73 Å². The van der Waals surface area contributed by atoms with Crippen LogP contribution in [0.2, 0.25) is 0 Å². The average molecular weight is 327 g/mol. The molecule has 0 fully saturated rings. The zero-order valence-corrected chi connectivity index (χ0v) is 14.7. The fraction of sp³-hybridized carbons (Fsp3) is 0.286. The third-order valence-electron chi connectivity index (χ3n) is 3.38. The second-order valence-electron chi connectivity index (χ2n) is 5.16. The van der Waals surface area contributed by atoms with E-state index in [1.165, 1.54) is 11.8 Å². The van der Waals surface area contributed by atoms with Crippen molar-refractivity contribution in [2.45, 2.75) is 38.7 Å². The maximum absolute atomic E-state index is 12.3. The van der Waals surface area contributed by atoms with Crippen molar-refractivity contribution >= 4 is 5.78 Å². The molecule has 2 aliphatic rings. The summed E-state index contributed by atoms with van der Waals surface area (Å²) in [6.07, 6.45) is 16.0. The topological polar surface area (TPSA) is 52.3 Å². The normalized spacial score (nSPS) is 22.8. The Morgan fingerprint density at radius 1 is 1.29 bits per heavy atom. The first kappa shape index (κ1) is 21.4. The van der Waals surface area contributed by atoms with Gasteiger partial charge in [-0.25, -0.2) is 0 Å². The summed E-state index contributed by atoms with van der Waals surface area (Å²) in [5.74, 6) is 0.126. The van der Waals surface area contributed by atoms with Gasteiger partial charge >= 0.3 is 0 Å². The summed E-state index contributed by atoms with van der Waals surface area (Å²) in [6.45, 7) is 14.8. The summed E-state index contributed by atoms with van der Waals surface area (Å²) in [6, 6.07) is 0. The van der Waals surface area contributed by atoms with Crippen LogP contribution in [0.4, 0.5) is 0 Å². The summed E-state index contributed by atoms with van der Waals surface area (Å²) in [7, 11) is 0. The Balaban J connectivity index is 0.000000952. The van der Waals surface area contributed by atoms with Crippen molar-refractivity contribution in [1.82, 2.24) is 0 Å². The molecule has 0 radical (unpaired) electrons. The van der Waals surface area contributed by atoms with Crippen LogP contribution in [0, 0.1) is 0 Å². The number of carbonyl (C=O) groups is 1. The second-order valence-corrected chi connectivity index (χ2v) is 5.16. The molecule has 3 nitrogen and oxygen atoms in total. The van der Waals surface area contributed by atoms with Gasteiger partial charge in [0.15, 0.2) is 5.78 Å². The van der Waals surface area contributed by atoms with E-state index in [9.17, 15) is 4.79 Å². The van der Waals surface area contributed by atoms with E-state index in [2.05, 4.69) is 50.3 Å². The first-order chi connectivity index (χ1) is 11.6. The summed E-state index contributed by atoms with van der Waals surface area (Å²) < 4.78 is 5.58. The highest BCUT2D eigenvalue weighted by Gasteiger charge is 2.15. The highest BCUT2D eigenvalue weighted by molar-refractivity contribution is 5.97. The van der Waals surface area contributed by atoms with Crippen molar-refractivity contribution in [3.63, 3.8) is 0 Å². The van der Waals surface area contributed by atoms with Gasteiger partial charge in [-0.15, -0.1) is 19.7 Å². The third-order valence-corrected chi connectivity index (χ3v) is 3.38. The quantitative estimate of drug-likeness (QED) is 0.733. The first-order valence-electron chi connectivity index (χ1n) is 8.00. The summed E-state index contributed by atoms with van der Waals surface area (Å²) in [4.78, 5) is 12.3. The Morgan fingerprint density at radius 3 is 2.58 bits per heavy atom. The molecule has 0 saturated carbocycles. The number of ether oxygens (including phenoxy) is 1. The van der Waals surface area contributed by atoms with Crippen LogP contribution in [0.1, 0.15) is 32.6 Å². The number of hydrogen-bond acceptors (Lipinski definition) is 3. The van der Waals surface area contributed by atoms with Crippen LogP contribution in [0.3, 0.4) is 0 Å². The van der Waals surface area contributed by atoms with E-state index in [4.69, 9.17) is 4.74 Å². The minimum Gasteiger partial charge on any atom is -0.494 e. The van der Waals surface area contributed by atoms with Gasteiger partial charge in [0.1, 0.15) is 6.10 Å². The second kappa shape index (κ2) is 12.9. The lowest BCUT2D eigenvalue weighted by atomic mass is 9.91. The average Bonchev–Trinajstić information content (AvgIpc) is 2.59. The SMILES string of the molecule is C=C.C=CC/C1=C/OC(C)/C=C\C2=C(C=CCC2)CC1=O.C=CN. The van der Waals surface area contributed by atoms with Crippen molar-refractivity contribution < 1.29 is 9.53 Å². The zero-order valence-electron chi connectivity index (χ0n) is 14.7. The molecule has 1 aliphatic heterocycles. The van der Waals surface area contributed by atoms with Crippen LogP contribution in [-0.4, -0.2) is 11.9 Å². The Kier molecular flexibility index (Phi) is 11.6. The van der Waals surface area contributed by atoms with Crippen molar-refractivity contribution in [1.29, 1.82) is 0 Å². The predicted molar refractivity (Wildman–Crippen MR) is 103 cm³/mol. The molecule has 0 aromatic heterocycles. The van der Waals surface area contributed by atoms with Crippen LogP contribution in [-0.2, 0) is 9.53 Å². The lowest BCUT2D eigenvalue weighted by molar-refractivity contribution is -0.115. The smallest absolute Gasteiger partial charge is 0.166 e. The molecular weight excluding hydrogens is 298 g/mol. The molecule has 0 bridgehead atoms. The Morgan fingerprint density at radius 2 is 1.96 bits per heavy atom.